The highest BCUT2D eigenvalue weighted by molar-refractivity contribution is 5.90. The number of urea groups is 1. The molecule has 0 aliphatic carbocycles. The summed E-state index contributed by atoms with van der Waals surface area (Å²) >= 11 is 0. The van der Waals surface area contributed by atoms with Crippen LogP contribution in [0.15, 0.2) is 42.5 Å². The molecule has 146 valence electrons. The fourth-order valence-corrected chi connectivity index (χ4v) is 2.33. The van der Waals surface area contributed by atoms with Crippen LogP contribution in [0.3, 0.4) is 0 Å². The van der Waals surface area contributed by atoms with Crippen molar-refractivity contribution in [2.75, 3.05) is 25.3 Å². The number of nitrogens with one attached hydrogen (secondary N) is 2. The van der Waals surface area contributed by atoms with Crippen LogP contribution in [0.1, 0.15) is 5.56 Å². The monoisotopic (exact) mass is 392 g/mol. The fourth-order valence-electron chi connectivity index (χ4n) is 2.33. The molecule has 2 aromatic carbocycles. The van der Waals surface area contributed by atoms with Gasteiger partial charge >= 0.3 is 12.2 Å². The fraction of sp³-hybridized carbons (Fsp3) is 0.211. The molecule has 0 unspecified atom stereocenters. The molecule has 2 N–H and O–H groups in total. The van der Waals surface area contributed by atoms with Crippen molar-refractivity contribution in [3.05, 3.63) is 48.0 Å². The Hall–Kier alpha value is -3.54. The maximum Gasteiger partial charge on any atom is 0.418 e. The van der Waals surface area contributed by atoms with Crippen LogP contribution in [0, 0.1) is 11.8 Å². The van der Waals surface area contributed by atoms with E-state index in [4.69, 9.17) is 14.2 Å². The minimum absolute atomic E-state index is 0.0511. The topological polar surface area (TPSA) is 68.8 Å². The number of amides is 2. The van der Waals surface area contributed by atoms with Crippen molar-refractivity contribution in [2.45, 2.75) is 6.18 Å². The number of rotatable bonds is 4. The maximum absolute atomic E-state index is 12.9. The highest BCUT2D eigenvalue weighted by Gasteiger charge is 2.33. The lowest BCUT2D eigenvalue weighted by atomic mass is 10.1. The lowest BCUT2D eigenvalue weighted by Crippen LogP contribution is -2.30. The Bertz CT molecular complexity index is 919. The second-order valence-corrected chi connectivity index (χ2v) is 5.51. The zero-order valence-corrected chi connectivity index (χ0v) is 14.4. The summed E-state index contributed by atoms with van der Waals surface area (Å²) in [5, 5.41) is 4.52. The molecule has 0 bridgehead atoms. The molecule has 1 aliphatic heterocycles. The zero-order chi connectivity index (χ0) is 20.0. The SMILES string of the molecule is O=C(NCC#CCOc1ccc2c(c1)OCO2)Nc1ccccc1C(F)(F)F. The third-order valence-corrected chi connectivity index (χ3v) is 3.60. The Morgan fingerprint density at radius 3 is 2.71 bits per heavy atom. The van der Waals surface area contributed by atoms with E-state index in [2.05, 4.69) is 22.5 Å². The summed E-state index contributed by atoms with van der Waals surface area (Å²) in [6.07, 6.45) is -4.56. The Labute approximate surface area is 158 Å². The molecule has 2 amide bonds. The highest BCUT2D eigenvalue weighted by Crippen LogP contribution is 2.35. The van der Waals surface area contributed by atoms with Gasteiger partial charge in [0.05, 0.1) is 17.8 Å². The van der Waals surface area contributed by atoms with Crippen LogP contribution in [0.2, 0.25) is 0 Å². The summed E-state index contributed by atoms with van der Waals surface area (Å²) in [7, 11) is 0. The molecular weight excluding hydrogens is 377 g/mol. The van der Waals surface area contributed by atoms with E-state index in [-0.39, 0.29) is 25.6 Å². The Morgan fingerprint density at radius 2 is 1.89 bits per heavy atom. The van der Waals surface area contributed by atoms with Gasteiger partial charge in [-0.1, -0.05) is 24.0 Å². The van der Waals surface area contributed by atoms with Gasteiger partial charge in [0.1, 0.15) is 12.4 Å². The largest absolute Gasteiger partial charge is 0.481 e. The summed E-state index contributed by atoms with van der Waals surface area (Å²) in [6, 6.07) is 9.02. The van der Waals surface area contributed by atoms with Gasteiger partial charge in [-0.05, 0) is 24.3 Å². The van der Waals surface area contributed by atoms with Gasteiger partial charge in [0.25, 0.3) is 0 Å². The van der Waals surface area contributed by atoms with Crippen LogP contribution in [0.5, 0.6) is 17.2 Å². The van der Waals surface area contributed by atoms with E-state index in [0.29, 0.717) is 17.2 Å². The summed E-state index contributed by atoms with van der Waals surface area (Å²) < 4.78 is 54.5. The van der Waals surface area contributed by atoms with E-state index in [0.717, 1.165) is 6.07 Å². The van der Waals surface area contributed by atoms with Gasteiger partial charge in [0.15, 0.2) is 11.5 Å². The highest BCUT2D eigenvalue weighted by atomic mass is 19.4. The number of carbonyl (C=O) groups is 1. The quantitative estimate of drug-likeness (QED) is 0.780. The van der Waals surface area contributed by atoms with Gasteiger partial charge in [-0.2, -0.15) is 13.2 Å². The number of benzene rings is 2. The predicted molar refractivity (Wildman–Crippen MR) is 94.3 cm³/mol. The van der Waals surface area contributed by atoms with Crippen LogP contribution in [-0.4, -0.2) is 26.0 Å². The normalized spacial score (nSPS) is 12.0. The Balaban J connectivity index is 1.43. The van der Waals surface area contributed by atoms with E-state index in [1.165, 1.54) is 18.2 Å². The molecule has 2 aromatic rings. The van der Waals surface area contributed by atoms with E-state index >= 15 is 0 Å². The Kier molecular flexibility index (Phi) is 5.79. The molecule has 1 heterocycles. The molecular formula is C19H15F3N2O4. The number of para-hydroxylation sites is 1. The number of hydrogen-bond acceptors (Lipinski definition) is 4. The standard InChI is InChI=1S/C19H15F3N2O4/c20-19(21,22)14-5-1-2-6-15(14)24-18(25)23-9-3-4-10-26-13-7-8-16-17(11-13)28-12-27-16/h1-2,5-8,11H,9-10,12H2,(H2,23,24,25). The van der Waals surface area contributed by atoms with Crippen LogP contribution in [-0.2, 0) is 6.18 Å². The van der Waals surface area contributed by atoms with Crippen LogP contribution < -0.4 is 24.8 Å². The molecule has 28 heavy (non-hydrogen) atoms. The van der Waals surface area contributed by atoms with Crippen molar-refractivity contribution < 1.29 is 32.2 Å². The van der Waals surface area contributed by atoms with E-state index < -0.39 is 17.8 Å². The molecule has 0 saturated carbocycles. The first kappa shape index (κ1) is 19.2. The van der Waals surface area contributed by atoms with E-state index in [1.54, 1.807) is 18.2 Å². The first-order valence-electron chi connectivity index (χ1n) is 8.13. The van der Waals surface area contributed by atoms with Crippen molar-refractivity contribution in [2.24, 2.45) is 0 Å². The molecule has 0 aromatic heterocycles. The summed E-state index contributed by atoms with van der Waals surface area (Å²) in [6.45, 7) is 0.185. The minimum atomic E-state index is -4.56. The molecule has 0 saturated heterocycles. The van der Waals surface area contributed by atoms with Crippen LogP contribution >= 0.6 is 0 Å². The van der Waals surface area contributed by atoms with Gasteiger partial charge in [-0.3, -0.25) is 0 Å². The van der Waals surface area contributed by atoms with Crippen molar-refractivity contribution in [3.8, 4) is 29.1 Å². The maximum atomic E-state index is 12.9. The van der Waals surface area contributed by atoms with Crippen molar-refractivity contribution in [3.63, 3.8) is 0 Å². The number of anilines is 1. The van der Waals surface area contributed by atoms with Gasteiger partial charge in [0.2, 0.25) is 6.79 Å². The second kappa shape index (κ2) is 8.43. The van der Waals surface area contributed by atoms with Crippen LogP contribution in [0.4, 0.5) is 23.7 Å². The molecule has 9 heteroatoms. The molecule has 0 atom stereocenters. The van der Waals surface area contributed by atoms with Crippen molar-refractivity contribution in [1.29, 1.82) is 0 Å². The number of carbonyl (C=O) groups excluding carboxylic acids is 1. The lowest BCUT2D eigenvalue weighted by molar-refractivity contribution is -0.136. The molecule has 3 rings (SSSR count). The van der Waals surface area contributed by atoms with Gasteiger partial charge < -0.3 is 24.8 Å². The lowest BCUT2D eigenvalue weighted by Gasteiger charge is -2.13. The molecule has 0 spiro atoms. The van der Waals surface area contributed by atoms with Crippen LogP contribution in [0.25, 0.3) is 0 Å². The summed E-state index contributed by atoms with van der Waals surface area (Å²) in [5.74, 6) is 7.11. The number of halogens is 3. The number of alkyl halides is 3. The molecule has 0 fully saturated rings. The minimum Gasteiger partial charge on any atom is -0.481 e. The summed E-state index contributed by atoms with van der Waals surface area (Å²) in [4.78, 5) is 11.7. The average molecular weight is 392 g/mol. The smallest absolute Gasteiger partial charge is 0.418 e. The molecule has 6 nitrogen and oxygen atoms in total. The molecule has 1 aliphatic rings. The van der Waals surface area contributed by atoms with Gasteiger partial charge in [-0.25, -0.2) is 4.79 Å². The van der Waals surface area contributed by atoms with E-state index in [9.17, 15) is 18.0 Å². The van der Waals surface area contributed by atoms with Gasteiger partial charge in [-0.15, -0.1) is 0 Å². The van der Waals surface area contributed by atoms with Crippen molar-refractivity contribution in [1.82, 2.24) is 5.32 Å². The number of fused-ring (bicyclic) bond motifs is 1. The van der Waals surface area contributed by atoms with E-state index in [1.807, 2.05) is 0 Å². The average Bonchev–Trinajstić information content (AvgIpc) is 3.12. The third-order valence-electron chi connectivity index (χ3n) is 3.60. The number of hydrogen-bond donors (Lipinski definition) is 2. The summed E-state index contributed by atoms with van der Waals surface area (Å²) in [5.41, 5.74) is -1.25. The number of ether oxygens (including phenoxy) is 3. The Morgan fingerprint density at radius 1 is 1.11 bits per heavy atom. The third kappa shape index (κ3) is 5.01. The first-order chi connectivity index (χ1) is 13.4. The van der Waals surface area contributed by atoms with Crippen molar-refractivity contribution >= 4 is 11.7 Å². The predicted octanol–water partition coefficient (Wildman–Crippen LogP) is 3.64. The first-order valence-corrected chi connectivity index (χ1v) is 8.13. The molecule has 0 radical (unpaired) electrons. The zero-order valence-electron chi connectivity index (χ0n) is 14.4. The second-order valence-electron chi connectivity index (χ2n) is 5.51. The van der Waals surface area contributed by atoms with Gasteiger partial charge in [0, 0.05) is 6.07 Å².